The van der Waals surface area contributed by atoms with Gasteiger partial charge in [-0.05, 0) is 5.39 Å². The fraction of sp³-hybridized carbons (Fsp3) is 0. The van der Waals surface area contributed by atoms with Crippen LogP contribution in [0, 0.1) is 0 Å². The summed E-state index contributed by atoms with van der Waals surface area (Å²) in [6.45, 7) is 0. The number of rotatable bonds is 0. The molecule has 0 N–H and O–H groups in total. The van der Waals surface area contributed by atoms with E-state index in [1.54, 1.807) is 28.5 Å². The van der Waals surface area contributed by atoms with Crippen molar-refractivity contribution in [1.29, 1.82) is 0 Å². The molecule has 20 heavy (non-hydrogen) atoms. The highest BCUT2D eigenvalue weighted by Gasteiger charge is 2.14. The first-order chi connectivity index (χ1) is 9.92. The van der Waals surface area contributed by atoms with Gasteiger partial charge >= 0.3 is 0 Å². The Kier molecular flexibility index (Phi) is 1.78. The summed E-state index contributed by atoms with van der Waals surface area (Å²) in [7, 11) is 0. The molecule has 0 aliphatic heterocycles. The van der Waals surface area contributed by atoms with Crippen LogP contribution in [-0.4, -0.2) is 24.6 Å². The zero-order valence-electron chi connectivity index (χ0n) is 10.2. The smallest absolute Gasteiger partial charge is 0.176 e. The maximum absolute atomic E-state index is 4.56. The average Bonchev–Trinajstić information content (AvgIpc) is 3.10. The van der Waals surface area contributed by atoms with Gasteiger partial charge in [0.15, 0.2) is 5.65 Å². The van der Waals surface area contributed by atoms with Crippen molar-refractivity contribution in [3.8, 4) is 0 Å². The van der Waals surface area contributed by atoms with Crippen molar-refractivity contribution in [1.82, 2.24) is 24.6 Å². The maximum atomic E-state index is 4.56. The van der Waals surface area contributed by atoms with Crippen molar-refractivity contribution >= 4 is 48.2 Å². The summed E-state index contributed by atoms with van der Waals surface area (Å²) in [5.74, 6) is 0. The van der Waals surface area contributed by atoms with Crippen LogP contribution in [0.4, 0.5) is 0 Å². The SMILES string of the molecule is c1ccc2c(c1)cnc1sc3c(ncn4ncnc34)c12. The lowest BCUT2D eigenvalue weighted by Crippen LogP contribution is -1.88. The summed E-state index contributed by atoms with van der Waals surface area (Å²) < 4.78 is 2.73. The molecule has 0 amide bonds. The molecule has 4 aromatic heterocycles. The predicted octanol–water partition coefficient (Wildman–Crippen LogP) is 3.04. The van der Waals surface area contributed by atoms with Gasteiger partial charge in [0.1, 0.15) is 22.2 Å². The molecule has 5 aromatic rings. The number of hydrogen-bond donors (Lipinski definition) is 0. The van der Waals surface area contributed by atoms with Gasteiger partial charge in [-0.2, -0.15) is 5.10 Å². The van der Waals surface area contributed by atoms with Gasteiger partial charge in [-0.3, -0.25) is 0 Å². The van der Waals surface area contributed by atoms with E-state index in [0.717, 1.165) is 31.5 Å². The minimum Gasteiger partial charge on any atom is -0.245 e. The summed E-state index contributed by atoms with van der Waals surface area (Å²) in [6, 6.07) is 8.25. The number of benzene rings is 1. The molecule has 94 valence electrons. The molecule has 1 aromatic carbocycles. The summed E-state index contributed by atoms with van der Waals surface area (Å²) in [5, 5.41) is 7.54. The number of aromatic nitrogens is 5. The largest absolute Gasteiger partial charge is 0.245 e. The minimum absolute atomic E-state index is 0.835. The number of fused-ring (bicyclic) bond motifs is 7. The molecule has 4 heterocycles. The Balaban J connectivity index is 2.14. The van der Waals surface area contributed by atoms with Crippen molar-refractivity contribution in [3.63, 3.8) is 0 Å². The summed E-state index contributed by atoms with van der Waals surface area (Å²) in [5.41, 5.74) is 1.79. The standard InChI is InChI=1S/C14H7N5S/c1-2-4-9-8(3-1)5-15-14-10(9)11-12(20-14)13-16-6-18-19(13)7-17-11/h1-7H. The van der Waals surface area contributed by atoms with Crippen LogP contribution in [-0.2, 0) is 0 Å². The third-order valence-corrected chi connectivity index (χ3v) is 4.57. The van der Waals surface area contributed by atoms with Gasteiger partial charge in [0, 0.05) is 17.0 Å². The van der Waals surface area contributed by atoms with Gasteiger partial charge in [0.2, 0.25) is 0 Å². The molecule has 0 atom stereocenters. The fourth-order valence-corrected chi connectivity index (χ4v) is 3.69. The lowest BCUT2D eigenvalue weighted by atomic mass is 10.1. The lowest BCUT2D eigenvalue weighted by molar-refractivity contribution is 0.936. The molecule has 0 unspecified atom stereocenters. The number of nitrogens with zero attached hydrogens (tertiary/aromatic N) is 5. The van der Waals surface area contributed by atoms with Crippen LogP contribution in [0.3, 0.4) is 0 Å². The first kappa shape index (κ1) is 10.2. The second-order valence-electron chi connectivity index (χ2n) is 4.58. The van der Waals surface area contributed by atoms with E-state index in [1.165, 1.54) is 5.39 Å². The number of thiophene rings is 1. The van der Waals surface area contributed by atoms with E-state index in [-0.39, 0.29) is 0 Å². The van der Waals surface area contributed by atoms with Crippen molar-refractivity contribution < 1.29 is 0 Å². The molecule has 0 saturated heterocycles. The minimum atomic E-state index is 0.835. The fourth-order valence-electron chi connectivity index (χ4n) is 2.59. The molecule has 0 radical (unpaired) electrons. The van der Waals surface area contributed by atoms with Crippen molar-refractivity contribution in [3.05, 3.63) is 43.1 Å². The first-order valence-corrected chi connectivity index (χ1v) is 6.98. The molecular formula is C14H7N5S. The van der Waals surface area contributed by atoms with E-state index in [2.05, 4.69) is 32.2 Å². The third kappa shape index (κ3) is 1.16. The second-order valence-corrected chi connectivity index (χ2v) is 5.58. The highest BCUT2D eigenvalue weighted by molar-refractivity contribution is 7.26. The van der Waals surface area contributed by atoms with E-state index < -0.39 is 0 Å². The monoisotopic (exact) mass is 277 g/mol. The van der Waals surface area contributed by atoms with E-state index in [4.69, 9.17) is 0 Å². The van der Waals surface area contributed by atoms with Gasteiger partial charge < -0.3 is 0 Å². The van der Waals surface area contributed by atoms with Crippen LogP contribution in [0.1, 0.15) is 0 Å². The average molecular weight is 277 g/mol. The van der Waals surface area contributed by atoms with Gasteiger partial charge in [-0.1, -0.05) is 24.3 Å². The topological polar surface area (TPSA) is 56.0 Å². The molecule has 0 saturated carbocycles. The highest BCUT2D eigenvalue weighted by Crippen LogP contribution is 2.36. The van der Waals surface area contributed by atoms with E-state index in [1.807, 2.05) is 18.3 Å². The second kappa shape index (κ2) is 3.49. The van der Waals surface area contributed by atoms with Crippen LogP contribution in [0.2, 0.25) is 0 Å². The first-order valence-electron chi connectivity index (χ1n) is 6.16. The van der Waals surface area contributed by atoms with Crippen LogP contribution < -0.4 is 0 Å². The molecule has 0 aliphatic rings. The molecule has 6 heteroatoms. The summed E-state index contributed by atoms with van der Waals surface area (Å²) >= 11 is 1.61. The zero-order chi connectivity index (χ0) is 13.1. The Morgan fingerprint density at radius 2 is 2.00 bits per heavy atom. The zero-order valence-corrected chi connectivity index (χ0v) is 11.0. The van der Waals surface area contributed by atoms with E-state index >= 15 is 0 Å². The lowest BCUT2D eigenvalue weighted by Gasteiger charge is -1.98. The van der Waals surface area contributed by atoms with E-state index in [9.17, 15) is 0 Å². The Hall–Kier alpha value is -2.60. The van der Waals surface area contributed by atoms with E-state index in [0.29, 0.717) is 0 Å². The highest BCUT2D eigenvalue weighted by atomic mass is 32.1. The molecule has 0 aliphatic carbocycles. The molecule has 5 nitrogen and oxygen atoms in total. The predicted molar refractivity (Wildman–Crippen MR) is 79.0 cm³/mol. The van der Waals surface area contributed by atoms with Crippen LogP contribution in [0.5, 0.6) is 0 Å². The summed E-state index contributed by atoms with van der Waals surface area (Å²) in [6.07, 6.45) is 5.17. The normalized spacial score (nSPS) is 12.0. The van der Waals surface area contributed by atoms with Gasteiger partial charge in [-0.15, -0.1) is 11.3 Å². The Bertz CT molecular complexity index is 1110. The van der Waals surface area contributed by atoms with Crippen molar-refractivity contribution in [2.45, 2.75) is 0 Å². The molecule has 5 rings (SSSR count). The van der Waals surface area contributed by atoms with Gasteiger partial charge in [0.05, 0.1) is 5.52 Å². The van der Waals surface area contributed by atoms with Crippen LogP contribution >= 0.6 is 11.3 Å². The third-order valence-electron chi connectivity index (χ3n) is 3.49. The van der Waals surface area contributed by atoms with Crippen LogP contribution in [0.25, 0.3) is 36.9 Å². The number of pyridine rings is 1. The summed E-state index contributed by atoms with van der Waals surface area (Å²) in [4.78, 5) is 14.4. The molecule has 0 spiro atoms. The van der Waals surface area contributed by atoms with Crippen LogP contribution in [0.15, 0.2) is 43.1 Å². The molecule has 0 fully saturated rings. The Morgan fingerprint density at radius 1 is 1.05 bits per heavy atom. The molecule has 0 bridgehead atoms. The quantitative estimate of drug-likeness (QED) is 0.436. The number of hydrogen-bond acceptors (Lipinski definition) is 5. The van der Waals surface area contributed by atoms with Gasteiger partial charge in [-0.25, -0.2) is 19.5 Å². The Morgan fingerprint density at radius 3 is 3.00 bits per heavy atom. The van der Waals surface area contributed by atoms with Gasteiger partial charge in [0.25, 0.3) is 0 Å². The maximum Gasteiger partial charge on any atom is 0.176 e. The Labute approximate surface area is 116 Å². The van der Waals surface area contributed by atoms with Crippen molar-refractivity contribution in [2.75, 3.05) is 0 Å². The van der Waals surface area contributed by atoms with Crippen molar-refractivity contribution in [2.24, 2.45) is 0 Å². The molecular weight excluding hydrogens is 270 g/mol.